The second kappa shape index (κ2) is 12.0. The van der Waals surface area contributed by atoms with Crippen LogP contribution in [0.1, 0.15) is 38.8 Å². The zero-order chi connectivity index (χ0) is 25.3. The van der Waals surface area contributed by atoms with Crippen molar-refractivity contribution in [1.29, 1.82) is 0 Å². The van der Waals surface area contributed by atoms with Crippen molar-refractivity contribution in [3.8, 4) is 5.75 Å². The van der Waals surface area contributed by atoms with E-state index in [1.807, 2.05) is 30.3 Å². The summed E-state index contributed by atoms with van der Waals surface area (Å²) in [4.78, 5) is 36.8. The first-order valence-electron chi connectivity index (χ1n) is 11.0. The Morgan fingerprint density at radius 3 is 2.12 bits per heavy atom. The SMILES string of the molecule is C[C@H](O)[C@@H](NC(=O)[C@@H](Cc1ccc(OCc2ccccc2)cc1)NC(=O)OC(C)(C)C)C(N)=O. The molecule has 3 atom stereocenters. The fourth-order valence-corrected chi connectivity index (χ4v) is 3.04. The molecular weight excluding hydrogens is 438 g/mol. The Morgan fingerprint density at radius 1 is 0.971 bits per heavy atom. The van der Waals surface area contributed by atoms with E-state index in [1.165, 1.54) is 6.92 Å². The van der Waals surface area contributed by atoms with Crippen LogP contribution in [0.4, 0.5) is 4.79 Å². The Labute approximate surface area is 199 Å². The van der Waals surface area contributed by atoms with Gasteiger partial charge in [-0.1, -0.05) is 42.5 Å². The van der Waals surface area contributed by atoms with Crippen molar-refractivity contribution in [2.45, 2.75) is 64.5 Å². The molecule has 3 amide bonds. The normalized spacial score (nSPS) is 13.8. The molecule has 0 unspecified atom stereocenters. The van der Waals surface area contributed by atoms with Gasteiger partial charge in [-0.25, -0.2) is 4.79 Å². The summed E-state index contributed by atoms with van der Waals surface area (Å²) >= 11 is 0. The van der Waals surface area contributed by atoms with Gasteiger partial charge in [0.15, 0.2) is 0 Å². The van der Waals surface area contributed by atoms with Gasteiger partial charge in [0.2, 0.25) is 11.8 Å². The number of ether oxygens (including phenoxy) is 2. The van der Waals surface area contributed by atoms with Gasteiger partial charge in [0, 0.05) is 6.42 Å². The molecule has 184 valence electrons. The average Bonchev–Trinajstić information content (AvgIpc) is 2.75. The predicted molar refractivity (Wildman–Crippen MR) is 127 cm³/mol. The molecule has 0 aliphatic heterocycles. The summed E-state index contributed by atoms with van der Waals surface area (Å²) in [5.41, 5.74) is 6.27. The molecule has 5 N–H and O–H groups in total. The maximum absolute atomic E-state index is 12.9. The maximum atomic E-state index is 12.9. The highest BCUT2D eigenvalue weighted by molar-refractivity contribution is 5.91. The molecule has 2 aromatic rings. The van der Waals surface area contributed by atoms with E-state index < -0.39 is 41.7 Å². The van der Waals surface area contributed by atoms with Crippen molar-refractivity contribution in [2.24, 2.45) is 5.73 Å². The lowest BCUT2D eigenvalue weighted by Crippen LogP contribution is -2.57. The summed E-state index contributed by atoms with van der Waals surface area (Å²) < 4.78 is 11.0. The Balaban J connectivity index is 2.10. The lowest BCUT2D eigenvalue weighted by atomic mass is 10.0. The van der Waals surface area contributed by atoms with Crippen molar-refractivity contribution >= 4 is 17.9 Å². The molecule has 34 heavy (non-hydrogen) atoms. The Bertz CT molecular complexity index is 955. The highest BCUT2D eigenvalue weighted by Gasteiger charge is 2.29. The molecule has 0 heterocycles. The zero-order valence-corrected chi connectivity index (χ0v) is 19.9. The number of hydrogen-bond donors (Lipinski definition) is 4. The second-order valence-corrected chi connectivity index (χ2v) is 8.95. The number of carbonyl (C=O) groups is 3. The van der Waals surface area contributed by atoms with Gasteiger partial charge >= 0.3 is 6.09 Å². The molecule has 9 nitrogen and oxygen atoms in total. The van der Waals surface area contributed by atoms with Crippen LogP contribution in [0, 0.1) is 0 Å². The van der Waals surface area contributed by atoms with Crippen molar-refractivity contribution in [3.63, 3.8) is 0 Å². The van der Waals surface area contributed by atoms with Crippen molar-refractivity contribution in [3.05, 3.63) is 65.7 Å². The molecule has 2 rings (SSSR count). The highest BCUT2D eigenvalue weighted by Crippen LogP contribution is 2.16. The number of aliphatic hydroxyl groups is 1. The van der Waals surface area contributed by atoms with E-state index in [0.717, 1.165) is 11.1 Å². The molecule has 0 spiro atoms. The van der Waals surface area contributed by atoms with E-state index in [2.05, 4.69) is 10.6 Å². The quantitative estimate of drug-likeness (QED) is 0.418. The first-order valence-corrected chi connectivity index (χ1v) is 11.0. The number of nitrogens with one attached hydrogen (secondary N) is 2. The summed E-state index contributed by atoms with van der Waals surface area (Å²) in [5, 5.41) is 14.7. The summed E-state index contributed by atoms with van der Waals surface area (Å²) in [6.07, 6.45) is -1.89. The molecule has 0 saturated carbocycles. The number of carbonyl (C=O) groups excluding carboxylic acids is 3. The summed E-state index contributed by atoms with van der Waals surface area (Å²) in [6, 6.07) is 14.4. The van der Waals surface area contributed by atoms with E-state index in [9.17, 15) is 19.5 Å². The van der Waals surface area contributed by atoms with Crippen LogP contribution in [-0.2, 0) is 27.4 Å². The standard InChI is InChI=1S/C25H33N3O6/c1-16(29)21(22(26)30)28-23(31)20(27-24(32)34-25(2,3)4)14-17-10-12-19(13-11-17)33-15-18-8-6-5-7-9-18/h5-13,16,20-21,29H,14-15H2,1-4H3,(H2,26,30)(H,27,32)(H,28,31)/t16-,20+,21+/m0/s1. The van der Waals surface area contributed by atoms with Gasteiger partial charge in [0.1, 0.15) is 30.0 Å². The predicted octanol–water partition coefficient (Wildman–Crippen LogP) is 2.05. The molecule has 0 aliphatic carbocycles. The van der Waals surface area contributed by atoms with E-state index in [4.69, 9.17) is 15.2 Å². The number of rotatable bonds is 10. The fourth-order valence-electron chi connectivity index (χ4n) is 3.04. The Hall–Kier alpha value is -3.59. The second-order valence-electron chi connectivity index (χ2n) is 8.95. The van der Waals surface area contributed by atoms with E-state index >= 15 is 0 Å². The number of benzene rings is 2. The molecular formula is C25H33N3O6. The lowest BCUT2D eigenvalue weighted by Gasteiger charge is -2.25. The zero-order valence-electron chi connectivity index (χ0n) is 19.9. The van der Waals surface area contributed by atoms with Crippen molar-refractivity contribution in [2.75, 3.05) is 0 Å². The number of alkyl carbamates (subject to hydrolysis) is 1. The first kappa shape index (κ1) is 26.7. The maximum Gasteiger partial charge on any atom is 0.408 e. The Kier molecular flexibility index (Phi) is 9.44. The smallest absolute Gasteiger partial charge is 0.408 e. The van der Waals surface area contributed by atoms with Gasteiger partial charge in [0.05, 0.1) is 6.10 Å². The molecule has 2 aromatic carbocycles. The monoisotopic (exact) mass is 471 g/mol. The summed E-state index contributed by atoms with van der Waals surface area (Å²) in [7, 11) is 0. The molecule has 0 aromatic heterocycles. The molecule has 0 radical (unpaired) electrons. The van der Waals surface area contributed by atoms with E-state index in [0.29, 0.717) is 12.4 Å². The topological polar surface area (TPSA) is 140 Å². The van der Waals surface area contributed by atoms with Gasteiger partial charge in [0.25, 0.3) is 0 Å². The minimum atomic E-state index is -1.30. The van der Waals surface area contributed by atoms with E-state index in [-0.39, 0.29) is 6.42 Å². The third kappa shape index (κ3) is 9.11. The van der Waals surface area contributed by atoms with Crippen LogP contribution < -0.4 is 21.1 Å². The van der Waals surface area contributed by atoms with Crippen LogP contribution in [0.3, 0.4) is 0 Å². The molecule has 9 heteroatoms. The molecule has 0 aliphatic rings. The number of aliphatic hydroxyl groups excluding tert-OH is 1. The van der Waals surface area contributed by atoms with Crippen molar-refractivity contribution < 1.29 is 29.0 Å². The number of nitrogens with two attached hydrogens (primary N) is 1. The van der Waals surface area contributed by atoms with Crippen molar-refractivity contribution in [1.82, 2.24) is 10.6 Å². The van der Waals surface area contributed by atoms with Gasteiger partial charge in [-0.05, 0) is 51.0 Å². The fraction of sp³-hybridized carbons (Fsp3) is 0.400. The average molecular weight is 472 g/mol. The van der Waals surface area contributed by atoms with Gasteiger partial charge < -0.3 is 30.9 Å². The van der Waals surface area contributed by atoms with Crippen LogP contribution in [0.25, 0.3) is 0 Å². The van der Waals surface area contributed by atoms with Crippen LogP contribution in [0.15, 0.2) is 54.6 Å². The molecule has 0 bridgehead atoms. The highest BCUT2D eigenvalue weighted by atomic mass is 16.6. The Morgan fingerprint density at radius 2 is 1.59 bits per heavy atom. The third-order valence-corrected chi connectivity index (χ3v) is 4.71. The van der Waals surface area contributed by atoms with E-state index in [1.54, 1.807) is 45.0 Å². The van der Waals surface area contributed by atoms with Crippen LogP contribution in [0.2, 0.25) is 0 Å². The van der Waals surface area contributed by atoms with Crippen LogP contribution in [0.5, 0.6) is 5.75 Å². The number of hydrogen-bond acceptors (Lipinski definition) is 6. The summed E-state index contributed by atoms with van der Waals surface area (Å²) in [6.45, 7) is 6.85. The summed E-state index contributed by atoms with van der Waals surface area (Å²) in [5.74, 6) is -0.921. The molecule has 0 saturated heterocycles. The lowest BCUT2D eigenvalue weighted by molar-refractivity contribution is -0.130. The molecule has 0 fully saturated rings. The van der Waals surface area contributed by atoms with Crippen LogP contribution >= 0.6 is 0 Å². The van der Waals surface area contributed by atoms with Gasteiger partial charge in [-0.3, -0.25) is 9.59 Å². The minimum Gasteiger partial charge on any atom is -0.489 e. The first-order chi connectivity index (χ1) is 15.9. The third-order valence-electron chi connectivity index (χ3n) is 4.71. The van der Waals surface area contributed by atoms with Crippen LogP contribution in [-0.4, -0.2) is 46.8 Å². The number of amides is 3. The van der Waals surface area contributed by atoms with Gasteiger partial charge in [-0.2, -0.15) is 0 Å². The number of primary amides is 1. The minimum absolute atomic E-state index is 0.106. The largest absolute Gasteiger partial charge is 0.489 e. The van der Waals surface area contributed by atoms with Gasteiger partial charge in [-0.15, -0.1) is 0 Å².